The molecule has 5 heteroatoms. The molecule has 0 fully saturated rings. The lowest BCUT2D eigenvalue weighted by molar-refractivity contribution is -0.100. The van der Waals surface area contributed by atoms with Gasteiger partial charge in [-0.05, 0) is 40.5 Å². The van der Waals surface area contributed by atoms with Crippen molar-refractivity contribution >= 4 is 0 Å². The minimum absolute atomic E-state index is 0.0139. The largest absolute Gasteiger partial charge is 0.394 e. The van der Waals surface area contributed by atoms with Gasteiger partial charge in [0, 0.05) is 0 Å². The molecule has 1 N–H and O–H groups in total. The fourth-order valence-corrected chi connectivity index (χ4v) is 3.82. The summed E-state index contributed by atoms with van der Waals surface area (Å²) in [6.45, 7) is 14.2. The summed E-state index contributed by atoms with van der Waals surface area (Å²) in [6.07, 6.45) is 17.3. The highest BCUT2D eigenvalue weighted by Gasteiger charge is 2.15. The second-order valence-corrected chi connectivity index (χ2v) is 9.94. The van der Waals surface area contributed by atoms with Crippen molar-refractivity contribution < 1.29 is 24.1 Å². The molecule has 200 valence electrons. The number of unbranched alkanes of at least 4 members (excludes halogenated alkanes) is 9. The van der Waals surface area contributed by atoms with E-state index in [4.69, 9.17) is 24.1 Å². The molecule has 0 aromatic heterocycles. The van der Waals surface area contributed by atoms with Gasteiger partial charge in [0.1, 0.15) is 0 Å². The van der Waals surface area contributed by atoms with Crippen LogP contribution in [0, 0.1) is 0 Å². The van der Waals surface area contributed by atoms with Gasteiger partial charge in [-0.1, -0.05) is 84.5 Å². The van der Waals surface area contributed by atoms with E-state index in [0.29, 0.717) is 25.9 Å². The van der Waals surface area contributed by atoms with Gasteiger partial charge in [0.2, 0.25) is 0 Å². The first-order valence-corrected chi connectivity index (χ1v) is 14.0. The Bertz CT molecular complexity index is 392. The molecule has 0 saturated heterocycles. The quantitative estimate of drug-likeness (QED) is 0.143. The summed E-state index contributed by atoms with van der Waals surface area (Å²) >= 11 is 0. The van der Waals surface area contributed by atoms with E-state index in [-0.39, 0.29) is 31.0 Å². The molecule has 0 aromatic carbocycles. The van der Waals surface area contributed by atoms with E-state index >= 15 is 0 Å². The van der Waals surface area contributed by atoms with Crippen LogP contribution in [0.25, 0.3) is 0 Å². The Morgan fingerprint density at radius 3 is 1.42 bits per heavy atom. The van der Waals surface area contributed by atoms with Crippen molar-refractivity contribution in [1.82, 2.24) is 0 Å². The molecule has 0 radical (unpaired) electrons. The zero-order valence-electron chi connectivity index (χ0n) is 23.0. The van der Waals surface area contributed by atoms with Gasteiger partial charge in [0.05, 0.1) is 56.9 Å². The van der Waals surface area contributed by atoms with Crippen molar-refractivity contribution in [1.29, 1.82) is 0 Å². The van der Waals surface area contributed by atoms with E-state index < -0.39 is 0 Å². The lowest BCUT2D eigenvalue weighted by Crippen LogP contribution is -2.29. The lowest BCUT2D eigenvalue weighted by Gasteiger charge is -2.24. The molecule has 0 aliphatic carbocycles. The first-order valence-electron chi connectivity index (χ1n) is 14.0. The molecule has 0 spiro atoms. The molecule has 0 saturated carbocycles. The van der Waals surface area contributed by atoms with Crippen LogP contribution >= 0.6 is 0 Å². The van der Waals surface area contributed by atoms with Crippen LogP contribution < -0.4 is 0 Å². The third-order valence-electron chi connectivity index (χ3n) is 6.04. The minimum Gasteiger partial charge on any atom is -0.394 e. The highest BCUT2D eigenvalue weighted by atomic mass is 16.6. The van der Waals surface area contributed by atoms with Crippen LogP contribution in [0.15, 0.2) is 0 Å². The fraction of sp³-hybridized carbons (Fsp3) is 1.00. The molecule has 5 nitrogen and oxygen atoms in total. The lowest BCUT2D eigenvalue weighted by atomic mass is 10.0. The Hall–Kier alpha value is -0.200. The number of hydrogen-bond acceptors (Lipinski definition) is 5. The van der Waals surface area contributed by atoms with Crippen LogP contribution in [0.5, 0.6) is 0 Å². The summed E-state index contributed by atoms with van der Waals surface area (Å²) in [6, 6.07) is 0. The second-order valence-electron chi connectivity index (χ2n) is 9.94. The number of hydrogen-bond donors (Lipinski definition) is 1. The Kier molecular flexibility index (Phi) is 23.4. The van der Waals surface area contributed by atoms with E-state index in [1.54, 1.807) is 0 Å². The maximum absolute atomic E-state index is 9.02. The standard InChI is InChI=1S/C28H58O5/c1-7-9-11-12-13-14-15-17-19-28(18-16-10-8-2)33-27(6)23-32-26(5)22-31-25(4)21-30-24(3)20-29/h24-29H,7-23H2,1-6H3. The summed E-state index contributed by atoms with van der Waals surface area (Å²) in [5.41, 5.74) is 0. The van der Waals surface area contributed by atoms with Crippen LogP contribution in [0.3, 0.4) is 0 Å². The predicted molar refractivity (Wildman–Crippen MR) is 139 cm³/mol. The topological polar surface area (TPSA) is 57.2 Å². The maximum Gasteiger partial charge on any atom is 0.0784 e. The van der Waals surface area contributed by atoms with Crippen LogP contribution in [-0.4, -0.2) is 62.1 Å². The Balaban J connectivity index is 4.08. The van der Waals surface area contributed by atoms with Crippen LogP contribution in [0.2, 0.25) is 0 Å². The zero-order chi connectivity index (χ0) is 24.7. The number of aliphatic hydroxyl groups excluding tert-OH is 1. The third kappa shape index (κ3) is 22.0. The molecule has 0 rings (SSSR count). The van der Waals surface area contributed by atoms with Crippen molar-refractivity contribution in [3.63, 3.8) is 0 Å². The predicted octanol–water partition coefficient (Wildman–Crippen LogP) is 7.08. The SMILES string of the molecule is CCCCCCCCCCC(CCCCC)OC(C)COC(C)COC(C)COC(C)CO. The smallest absolute Gasteiger partial charge is 0.0784 e. The summed E-state index contributed by atoms with van der Waals surface area (Å²) < 4.78 is 23.7. The van der Waals surface area contributed by atoms with Gasteiger partial charge in [-0.25, -0.2) is 0 Å². The van der Waals surface area contributed by atoms with E-state index in [1.165, 1.54) is 77.0 Å². The van der Waals surface area contributed by atoms with Gasteiger partial charge in [-0.15, -0.1) is 0 Å². The second kappa shape index (κ2) is 23.5. The van der Waals surface area contributed by atoms with E-state index in [2.05, 4.69) is 20.8 Å². The summed E-state index contributed by atoms with van der Waals surface area (Å²) in [4.78, 5) is 0. The van der Waals surface area contributed by atoms with Gasteiger partial charge < -0.3 is 24.1 Å². The molecule has 0 aromatic rings. The molecule has 0 aliphatic heterocycles. The van der Waals surface area contributed by atoms with E-state index in [9.17, 15) is 0 Å². The summed E-state index contributed by atoms with van der Waals surface area (Å²) in [7, 11) is 0. The highest BCUT2D eigenvalue weighted by molar-refractivity contribution is 4.64. The molecule has 0 bridgehead atoms. The average Bonchev–Trinajstić information content (AvgIpc) is 2.81. The summed E-state index contributed by atoms with van der Waals surface area (Å²) in [5.74, 6) is 0. The first kappa shape index (κ1) is 32.8. The number of rotatable bonds is 25. The van der Waals surface area contributed by atoms with Crippen LogP contribution in [-0.2, 0) is 18.9 Å². The molecule has 0 heterocycles. The monoisotopic (exact) mass is 474 g/mol. The first-order chi connectivity index (χ1) is 15.9. The Morgan fingerprint density at radius 1 is 0.515 bits per heavy atom. The molecular formula is C28H58O5. The molecule has 5 unspecified atom stereocenters. The van der Waals surface area contributed by atoms with Gasteiger partial charge in [-0.2, -0.15) is 0 Å². The van der Waals surface area contributed by atoms with Gasteiger partial charge >= 0.3 is 0 Å². The maximum atomic E-state index is 9.02. The minimum atomic E-state index is -0.154. The van der Waals surface area contributed by atoms with Crippen molar-refractivity contribution in [2.24, 2.45) is 0 Å². The van der Waals surface area contributed by atoms with Gasteiger partial charge in [0.15, 0.2) is 0 Å². The van der Waals surface area contributed by atoms with Crippen molar-refractivity contribution in [3.8, 4) is 0 Å². The normalized spacial score (nSPS) is 16.5. The number of aliphatic hydroxyl groups is 1. The number of ether oxygens (including phenoxy) is 4. The van der Waals surface area contributed by atoms with E-state index in [0.717, 1.165) is 6.42 Å². The van der Waals surface area contributed by atoms with Crippen molar-refractivity contribution in [3.05, 3.63) is 0 Å². The molecule has 5 atom stereocenters. The van der Waals surface area contributed by atoms with Crippen LogP contribution in [0.4, 0.5) is 0 Å². The molecular weight excluding hydrogens is 416 g/mol. The van der Waals surface area contributed by atoms with Crippen molar-refractivity contribution in [2.45, 2.75) is 156 Å². The molecule has 33 heavy (non-hydrogen) atoms. The molecule has 0 aliphatic rings. The van der Waals surface area contributed by atoms with E-state index in [1.807, 2.05) is 20.8 Å². The van der Waals surface area contributed by atoms with Crippen molar-refractivity contribution in [2.75, 3.05) is 26.4 Å². The average molecular weight is 475 g/mol. The molecule has 0 amide bonds. The summed E-state index contributed by atoms with van der Waals surface area (Å²) in [5, 5.41) is 9.02. The fourth-order valence-electron chi connectivity index (χ4n) is 3.82. The third-order valence-corrected chi connectivity index (χ3v) is 6.04. The van der Waals surface area contributed by atoms with Gasteiger partial charge in [-0.3, -0.25) is 0 Å². The Labute approximate surface area is 206 Å². The zero-order valence-corrected chi connectivity index (χ0v) is 23.0. The Morgan fingerprint density at radius 2 is 0.909 bits per heavy atom. The highest BCUT2D eigenvalue weighted by Crippen LogP contribution is 2.18. The van der Waals surface area contributed by atoms with Crippen LogP contribution in [0.1, 0.15) is 125 Å². The van der Waals surface area contributed by atoms with Gasteiger partial charge in [0.25, 0.3) is 0 Å².